The minimum absolute atomic E-state index is 0.190. The average molecular weight is 248 g/mol. The fraction of sp³-hybridized carbons (Fsp3) is 0.562. The van der Waals surface area contributed by atoms with Crippen LogP contribution < -0.4 is 0 Å². The number of aryl methyl sites for hydroxylation is 1. The lowest BCUT2D eigenvalue weighted by Gasteiger charge is -2.17. The van der Waals surface area contributed by atoms with Crippen molar-refractivity contribution < 1.29 is 9.53 Å². The number of ketones is 1. The van der Waals surface area contributed by atoms with Gasteiger partial charge in [0.25, 0.3) is 0 Å². The summed E-state index contributed by atoms with van der Waals surface area (Å²) in [4.78, 5) is 12.1. The summed E-state index contributed by atoms with van der Waals surface area (Å²) in [5.41, 5.74) is 2.27. The maximum atomic E-state index is 12.1. The predicted octanol–water partition coefficient (Wildman–Crippen LogP) is 4.09. The van der Waals surface area contributed by atoms with Crippen molar-refractivity contribution in [1.29, 1.82) is 0 Å². The molecule has 1 rings (SSSR count). The first-order chi connectivity index (χ1) is 8.72. The highest BCUT2D eigenvalue weighted by atomic mass is 16.5. The summed E-state index contributed by atoms with van der Waals surface area (Å²) >= 11 is 0. The van der Waals surface area contributed by atoms with Crippen LogP contribution >= 0.6 is 0 Å². The van der Waals surface area contributed by atoms with Crippen molar-refractivity contribution in [3.63, 3.8) is 0 Å². The van der Waals surface area contributed by atoms with Crippen molar-refractivity contribution in [3.05, 3.63) is 35.4 Å². The molecule has 0 radical (unpaired) electrons. The smallest absolute Gasteiger partial charge is 0.166 e. The first-order valence-corrected chi connectivity index (χ1v) is 6.96. The molecule has 2 nitrogen and oxygen atoms in total. The highest BCUT2D eigenvalue weighted by molar-refractivity contribution is 5.84. The van der Waals surface area contributed by atoms with Crippen LogP contribution in [-0.4, -0.2) is 12.4 Å². The molecule has 1 aromatic carbocycles. The number of carbonyl (C=O) groups is 1. The third-order valence-corrected chi connectivity index (χ3v) is 2.97. The molecule has 2 heteroatoms. The van der Waals surface area contributed by atoms with Crippen LogP contribution in [-0.2, 0) is 16.0 Å². The molecule has 0 aromatic heterocycles. The molecule has 0 aliphatic rings. The second-order valence-electron chi connectivity index (χ2n) is 4.56. The molecule has 1 atom stereocenters. The largest absolute Gasteiger partial charge is 0.366 e. The Morgan fingerprint density at radius 2 is 1.78 bits per heavy atom. The van der Waals surface area contributed by atoms with Gasteiger partial charge in [0.05, 0.1) is 0 Å². The van der Waals surface area contributed by atoms with E-state index >= 15 is 0 Å². The van der Waals surface area contributed by atoms with Crippen molar-refractivity contribution in [2.75, 3.05) is 6.61 Å². The second kappa shape index (κ2) is 8.04. The van der Waals surface area contributed by atoms with Crippen LogP contribution in [0.15, 0.2) is 24.3 Å². The van der Waals surface area contributed by atoms with Gasteiger partial charge in [-0.2, -0.15) is 0 Å². The number of hydrogen-bond acceptors (Lipinski definition) is 2. The van der Waals surface area contributed by atoms with Gasteiger partial charge in [-0.15, -0.1) is 0 Å². The van der Waals surface area contributed by atoms with E-state index in [1.807, 2.05) is 19.1 Å². The highest BCUT2D eigenvalue weighted by Crippen LogP contribution is 2.21. The third-order valence-electron chi connectivity index (χ3n) is 2.97. The lowest BCUT2D eigenvalue weighted by Crippen LogP contribution is -2.16. The Morgan fingerprint density at radius 3 is 2.28 bits per heavy atom. The van der Waals surface area contributed by atoms with Gasteiger partial charge < -0.3 is 4.74 Å². The van der Waals surface area contributed by atoms with E-state index in [4.69, 9.17) is 4.74 Å². The molecular formula is C16H24O2. The fourth-order valence-electron chi connectivity index (χ4n) is 1.92. The van der Waals surface area contributed by atoms with E-state index in [0.29, 0.717) is 13.0 Å². The highest BCUT2D eigenvalue weighted by Gasteiger charge is 2.19. The molecule has 0 heterocycles. The minimum atomic E-state index is -0.379. The van der Waals surface area contributed by atoms with Gasteiger partial charge in [0.15, 0.2) is 5.78 Å². The van der Waals surface area contributed by atoms with Crippen LogP contribution in [0.1, 0.15) is 57.3 Å². The second-order valence-corrected chi connectivity index (χ2v) is 4.56. The number of rotatable bonds is 8. The molecule has 0 fully saturated rings. The first kappa shape index (κ1) is 14.9. The van der Waals surface area contributed by atoms with Gasteiger partial charge in [-0.05, 0) is 30.4 Å². The number of ether oxygens (including phenoxy) is 1. The first-order valence-electron chi connectivity index (χ1n) is 6.96. The molecular weight excluding hydrogens is 224 g/mol. The fourth-order valence-corrected chi connectivity index (χ4v) is 1.92. The third kappa shape index (κ3) is 4.26. The molecule has 100 valence electrons. The molecule has 0 amide bonds. The minimum Gasteiger partial charge on any atom is -0.366 e. The summed E-state index contributed by atoms with van der Waals surface area (Å²) in [6.07, 6.45) is 3.03. The summed E-state index contributed by atoms with van der Waals surface area (Å²) in [6, 6.07) is 8.20. The Balaban J connectivity index is 2.82. The van der Waals surface area contributed by atoms with E-state index in [9.17, 15) is 4.79 Å². The Bertz CT molecular complexity index is 354. The van der Waals surface area contributed by atoms with E-state index < -0.39 is 0 Å². The van der Waals surface area contributed by atoms with Crippen LogP contribution in [0.2, 0.25) is 0 Å². The quantitative estimate of drug-likeness (QED) is 0.692. The van der Waals surface area contributed by atoms with E-state index in [1.54, 1.807) is 0 Å². The van der Waals surface area contributed by atoms with Crippen molar-refractivity contribution in [1.82, 2.24) is 0 Å². The molecule has 0 aliphatic carbocycles. The zero-order chi connectivity index (χ0) is 13.4. The molecule has 0 N–H and O–H groups in total. The SMILES string of the molecule is CCCOC(C(=O)CCC)c1ccc(CC)cc1. The lowest BCUT2D eigenvalue weighted by atomic mass is 10.0. The van der Waals surface area contributed by atoms with Crippen LogP contribution in [0.5, 0.6) is 0 Å². The van der Waals surface area contributed by atoms with Crippen molar-refractivity contribution in [2.24, 2.45) is 0 Å². The van der Waals surface area contributed by atoms with Gasteiger partial charge >= 0.3 is 0 Å². The molecule has 1 unspecified atom stereocenters. The van der Waals surface area contributed by atoms with Gasteiger partial charge in [0.1, 0.15) is 6.10 Å². The summed E-state index contributed by atoms with van der Waals surface area (Å²) < 4.78 is 5.72. The van der Waals surface area contributed by atoms with Crippen molar-refractivity contribution in [3.8, 4) is 0 Å². The zero-order valence-electron chi connectivity index (χ0n) is 11.7. The molecule has 0 saturated heterocycles. The van der Waals surface area contributed by atoms with Crippen LogP contribution in [0.25, 0.3) is 0 Å². The van der Waals surface area contributed by atoms with E-state index in [-0.39, 0.29) is 11.9 Å². The van der Waals surface area contributed by atoms with Crippen molar-refractivity contribution >= 4 is 5.78 Å². The number of carbonyl (C=O) groups excluding carboxylic acids is 1. The normalized spacial score (nSPS) is 12.4. The van der Waals surface area contributed by atoms with Crippen LogP contribution in [0.4, 0.5) is 0 Å². The molecule has 0 aliphatic heterocycles. The van der Waals surface area contributed by atoms with Gasteiger partial charge in [-0.3, -0.25) is 4.79 Å². The van der Waals surface area contributed by atoms with Gasteiger partial charge in [-0.25, -0.2) is 0 Å². The predicted molar refractivity (Wildman–Crippen MR) is 74.7 cm³/mol. The van der Waals surface area contributed by atoms with Crippen LogP contribution in [0.3, 0.4) is 0 Å². The molecule has 1 aromatic rings. The standard InChI is InChI=1S/C16H24O2/c1-4-7-15(17)16(18-12-5-2)14-10-8-13(6-3)9-11-14/h8-11,16H,4-7,12H2,1-3H3. The summed E-state index contributed by atoms with van der Waals surface area (Å²) in [7, 11) is 0. The van der Waals surface area contributed by atoms with Gasteiger partial charge in [0.2, 0.25) is 0 Å². The summed E-state index contributed by atoms with van der Waals surface area (Å²) in [5.74, 6) is 0.190. The average Bonchev–Trinajstić information content (AvgIpc) is 2.40. The van der Waals surface area contributed by atoms with Gasteiger partial charge in [-0.1, -0.05) is 45.0 Å². The summed E-state index contributed by atoms with van der Waals surface area (Å²) in [5, 5.41) is 0. The van der Waals surface area contributed by atoms with Gasteiger partial charge in [0, 0.05) is 13.0 Å². The monoisotopic (exact) mass is 248 g/mol. The van der Waals surface area contributed by atoms with Crippen molar-refractivity contribution in [2.45, 2.75) is 52.6 Å². The molecule has 0 saturated carbocycles. The maximum absolute atomic E-state index is 12.1. The Hall–Kier alpha value is -1.15. The maximum Gasteiger partial charge on any atom is 0.166 e. The van der Waals surface area contributed by atoms with E-state index in [2.05, 4.69) is 26.0 Å². The zero-order valence-corrected chi connectivity index (χ0v) is 11.7. The topological polar surface area (TPSA) is 26.3 Å². The molecule has 0 bridgehead atoms. The van der Waals surface area contributed by atoms with E-state index in [1.165, 1.54) is 5.56 Å². The summed E-state index contributed by atoms with van der Waals surface area (Å²) in [6.45, 7) is 6.84. The number of Topliss-reactive ketones (excluding diaryl/α,β-unsaturated/α-hetero) is 1. The lowest BCUT2D eigenvalue weighted by molar-refractivity contribution is -0.131. The Labute approximate surface area is 110 Å². The Kier molecular flexibility index (Phi) is 6.66. The number of hydrogen-bond donors (Lipinski definition) is 0. The molecule has 0 spiro atoms. The van der Waals surface area contributed by atoms with Crippen LogP contribution in [0, 0.1) is 0 Å². The van der Waals surface area contributed by atoms with E-state index in [0.717, 1.165) is 24.8 Å². The number of benzene rings is 1. The molecule has 18 heavy (non-hydrogen) atoms. The Morgan fingerprint density at radius 1 is 1.11 bits per heavy atom.